The van der Waals surface area contributed by atoms with Gasteiger partial charge in [0.25, 0.3) is 0 Å². The van der Waals surface area contributed by atoms with Crippen LogP contribution in [0.1, 0.15) is 65.1 Å². The van der Waals surface area contributed by atoms with Gasteiger partial charge in [0.1, 0.15) is 0 Å². The van der Waals surface area contributed by atoms with Crippen molar-refractivity contribution in [3.05, 3.63) is 65.0 Å². The number of nitrogens with zero attached hydrogens (tertiary/aromatic N) is 3. The summed E-state index contributed by atoms with van der Waals surface area (Å²) >= 11 is 0.932. The van der Waals surface area contributed by atoms with E-state index in [2.05, 4.69) is 44.2 Å². The number of fused-ring (bicyclic) bond motifs is 6. The number of allylic oxidation sites excluding steroid dienone is 3. The number of hydrogen-bond donors (Lipinski definition) is 1. The van der Waals surface area contributed by atoms with Crippen LogP contribution in [0.2, 0.25) is 0 Å². The average molecular weight is 586 g/mol. The van der Waals surface area contributed by atoms with E-state index in [4.69, 9.17) is 9.84 Å². The topological polar surface area (TPSA) is 105 Å². The molecule has 1 heterocycles. The predicted molar refractivity (Wildman–Crippen MR) is 162 cm³/mol. The van der Waals surface area contributed by atoms with Crippen molar-refractivity contribution in [2.24, 2.45) is 34.5 Å². The number of hydrogen-bond acceptors (Lipinski definition) is 7. The number of rotatable bonds is 5. The molecule has 220 valence electrons. The Kier molecular flexibility index (Phi) is 7.06. The van der Waals surface area contributed by atoms with Crippen LogP contribution in [0.4, 0.5) is 0 Å². The quantitative estimate of drug-likeness (QED) is 0.435. The minimum atomic E-state index is -1.40. The number of carbonyl (C=O) groups excluding carboxylic acids is 2. The Morgan fingerprint density at radius 1 is 1.26 bits per heavy atom. The molecular weight excluding hydrogens is 546 g/mol. The van der Waals surface area contributed by atoms with Gasteiger partial charge in [-0.25, -0.2) is 4.68 Å². The summed E-state index contributed by atoms with van der Waals surface area (Å²) in [6.07, 6.45) is 7.80. The van der Waals surface area contributed by atoms with Gasteiger partial charge in [0.2, 0.25) is 5.12 Å². The molecule has 8 atom stereocenters. The van der Waals surface area contributed by atoms with Crippen molar-refractivity contribution >= 4 is 28.9 Å². The summed E-state index contributed by atoms with van der Waals surface area (Å²) in [6.45, 7) is 10.2. The molecule has 4 aliphatic rings. The molecule has 1 aromatic carbocycles. The van der Waals surface area contributed by atoms with E-state index in [1.54, 1.807) is 6.92 Å². The van der Waals surface area contributed by atoms with Crippen LogP contribution in [0.3, 0.4) is 0 Å². The fraction of sp³-hybridized carbons (Fsp3) is 0.529. The highest BCUT2D eigenvalue weighted by Crippen LogP contribution is 2.69. The molecule has 8 heteroatoms. The maximum absolute atomic E-state index is 13.9. The van der Waals surface area contributed by atoms with Crippen molar-refractivity contribution in [1.82, 2.24) is 9.78 Å². The minimum absolute atomic E-state index is 0.00341. The number of carbonyl (C=O) groups is 2. The maximum atomic E-state index is 13.9. The SMILES string of the molecule is CCC(=O)O[C@]1(C(=O)SCC#N)[C@H](C)C[C@H]2[C@@H]3C=C(C)C4=Cc5c(cnn5-c5ccccc5)C[C@]4(C)[C@H]3[C@@H](O)C[C@@]21C. The monoisotopic (exact) mass is 585 g/mol. The number of esters is 1. The first-order chi connectivity index (χ1) is 20.0. The summed E-state index contributed by atoms with van der Waals surface area (Å²) in [7, 11) is 0. The molecule has 0 saturated heterocycles. The molecule has 42 heavy (non-hydrogen) atoms. The lowest BCUT2D eigenvalue weighted by Gasteiger charge is -2.59. The van der Waals surface area contributed by atoms with Crippen LogP contribution in [0.5, 0.6) is 0 Å². The highest BCUT2D eigenvalue weighted by atomic mass is 32.2. The number of aliphatic hydroxyl groups excluding tert-OH is 1. The van der Waals surface area contributed by atoms with E-state index in [0.717, 1.165) is 35.1 Å². The van der Waals surface area contributed by atoms with Crippen LogP contribution in [0.15, 0.2) is 53.8 Å². The zero-order valence-electron chi connectivity index (χ0n) is 25.0. The van der Waals surface area contributed by atoms with E-state index in [-0.39, 0.29) is 46.4 Å². The third-order valence-corrected chi connectivity index (χ3v) is 11.8. The normalized spacial score (nSPS) is 36.4. The second-order valence-corrected chi connectivity index (χ2v) is 14.1. The Morgan fingerprint density at radius 2 is 2.00 bits per heavy atom. The Balaban J connectivity index is 1.45. The number of benzene rings is 1. The second kappa shape index (κ2) is 10.2. The van der Waals surface area contributed by atoms with Gasteiger partial charge in [0.15, 0.2) is 5.60 Å². The van der Waals surface area contributed by atoms with Crippen LogP contribution >= 0.6 is 11.8 Å². The lowest BCUT2D eigenvalue weighted by Crippen LogP contribution is -2.63. The number of thioether (sulfide) groups is 1. The average Bonchev–Trinajstić information content (AvgIpc) is 3.46. The fourth-order valence-corrected chi connectivity index (χ4v) is 10.2. The molecule has 0 amide bonds. The summed E-state index contributed by atoms with van der Waals surface area (Å²) < 4.78 is 8.19. The lowest BCUT2D eigenvalue weighted by molar-refractivity contribution is -0.196. The van der Waals surface area contributed by atoms with E-state index < -0.39 is 23.1 Å². The van der Waals surface area contributed by atoms with Gasteiger partial charge in [-0.3, -0.25) is 9.59 Å². The Morgan fingerprint density at radius 3 is 2.69 bits per heavy atom. The molecule has 4 aliphatic carbocycles. The molecule has 0 aliphatic heterocycles. The van der Waals surface area contributed by atoms with Gasteiger partial charge >= 0.3 is 5.97 Å². The summed E-state index contributed by atoms with van der Waals surface area (Å²) in [4.78, 5) is 26.8. The predicted octanol–water partition coefficient (Wildman–Crippen LogP) is 5.91. The van der Waals surface area contributed by atoms with Crippen LogP contribution in [0.25, 0.3) is 11.8 Å². The Hall–Kier alpha value is -3.15. The number of para-hydroxylation sites is 1. The first kappa shape index (κ1) is 28.9. The Bertz CT molecular complexity index is 1540. The van der Waals surface area contributed by atoms with Gasteiger partial charge in [0.05, 0.1) is 35.5 Å². The molecule has 6 rings (SSSR count). The van der Waals surface area contributed by atoms with Crippen LogP contribution in [-0.2, 0) is 20.7 Å². The zero-order valence-corrected chi connectivity index (χ0v) is 25.8. The smallest absolute Gasteiger partial charge is 0.306 e. The Labute approximate surface area is 252 Å². The molecule has 1 aromatic heterocycles. The van der Waals surface area contributed by atoms with Crippen molar-refractivity contribution < 1.29 is 19.4 Å². The van der Waals surface area contributed by atoms with E-state index in [1.807, 2.05) is 42.9 Å². The largest absolute Gasteiger partial charge is 0.449 e. The van der Waals surface area contributed by atoms with Gasteiger partial charge in [0, 0.05) is 29.1 Å². The van der Waals surface area contributed by atoms with Crippen molar-refractivity contribution in [3.8, 4) is 11.8 Å². The van der Waals surface area contributed by atoms with Crippen molar-refractivity contribution in [2.45, 2.75) is 72.0 Å². The van der Waals surface area contributed by atoms with Gasteiger partial charge in [-0.15, -0.1) is 0 Å². The van der Waals surface area contributed by atoms with Crippen molar-refractivity contribution in [2.75, 3.05) is 5.75 Å². The summed E-state index contributed by atoms with van der Waals surface area (Å²) in [6, 6.07) is 12.2. The molecule has 0 radical (unpaired) electrons. The number of ether oxygens (including phenoxy) is 1. The van der Waals surface area contributed by atoms with Gasteiger partial charge in [-0.2, -0.15) is 10.4 Å². The minimum Gasteiger partial charge on any atom is -0.449 e. The molecule has 0 spiro atoms. The van der Waals surface area contributed by atoms with E-state index in [0.29, 0.717) is 12.8 Å². The molecule has 7 nitrogen and oxygen atoms in total. The number of nitriles is 1. The first-order valence-electron chi connectivity index (χ1n) is 15.0. The lowest BCUT2D eigenvalue weighted by atomic mass is 9.46. The van der Waals surface area contributed by atoms with Crippen molar-refractivity contribution in [3.63, 3.8) is 0 Å². The number of aliphatic hydroxyl groups is 1. The molecular formula is C34H39N3O4S. The molecule has 2 saturated carbocycles. The third-order valence-electron chi connectivity index (χ3n) is 11.0. The molecule has 1 N–H and O–H groups in total. The third kappa shape index (κ3) is 3.92. The zero-order chi connectivity index (χ0) is 30.0. The van der Waals surface area contributed by atoms with Gasteiger partial charge < -0.3 is 9.84 Å². The van der Waals surface area contributed by atoms with E-state index in [1.165, 1.54) is 11.1 Å². The van der Waals surface area contributed by atoms with Gasteiger partial charge in [-0.1, -0.05) is 69.3 Å². The summed E-state index contributed by atoms with van der Waals surface area (Å²) in [5.74, 6) is -0.701. The first-order valence-corrected chi connectivity index (χ1v) is 16.0. The second-order valence-electron chi connectivity index (χ2n) is 13.1. The van der Waals surface area contributed by atoms with Crippen LogP contribution in [0, 0.1) is 45.8 Å². The van der Waals surface area contributed by atoms with Crippen LogP contribution in [-0.4, -0.2) is 43.4 Å². The highest BCUT2D eigenvalue weighted by molar-refractivity contribution is 8.14. The van der Waals surface area contributed by atoms with E-state index in [9.17, 15) is 20.0 Å². The molecule has 2 aromatic rings. The maximum Gasteiger partial charge on any atom is 0.306 e. The van der Waals surface area contributed by atoms with Gasteiger partial charge in [-0.05, 0) is 67.4 Å². The summed E-state index contributed by atoms with van der Waals surface area (Å²) in [5, 5.41) is 25.8. The van der Waals surface area contributed by atoms with Crippen LogP contribution < -0.4 is 0 Å². The highest BCUT2D eigenvalue weighted by Gasteiger charge is 2.73. The van der Waals surface area contributed by atoms with E-state index >= 15 is 0 Å². The van der Waals surface area contributed by atoms with Crippen molar-refractivity contribution in [1.29, 1.82) is 5.26 Å². The summed E-state index contributed by atoms with van der Waals surface area (Å²) in [5.41, 5.74) is 3.17. The fourth-order valence-electron chi connectivity index (χ4n) is 9.31. The molecule has 0 unspecified atom stereocenters. The molecule has 0 bridgehead atoms. The number of aromatic nitrogens is 2. The standard InChI is InChI=1S/C34H39N3O4S/c1-6-29(39)41-34(31(40)42-13-12-35)21(3)15-26-24-14-20(2)25-16-27-22(19-36-37(27)23-10-8-7-9-11-23)17-32(25,4)30(24)28(38)18-33(26,34)5/h7-11,14,16,19,21,24,26,28,30,38H,6,13,15,17-18H2,1-5H3/t21-,24+,26+,28+,30-,32+,33+,34+/m1/s1. The molecule has 2 fully saturated rings.